The summed E-state index contributed by atoms with van der Waals surface area (Å²) in [6, 6.07) is 4.62. The van der Waals surface area contributed by atoms with Crippen molar-refractivity contribution in [2.24, 2.45) is 17.8 Å². The average Bonchev–Trinajstić information content (AvgIpc) is 3.58. The lowest BCUT2D eigenvalue weighted by atomic mass is 9.77. The lowest BCUT2D eigenvalue weighted by molar-refractivity contribution is -0.318. The van der Waals surface area contributed by atoms with E-state index in [-0.39, 0.29) is 55.4 Å². The van der Waals surface area contributed by atoms with E-state index in [1.54, 1.807) is 44.4 Å². The van der Waals surface area contributed by atoms with Gasteiger partial charge < -0.3 is 77.6 Å². The number of hydrogen-bond acceptors (Lipinski definition) is 19. The molecule has 21 nitrogen and oxygen atoms in total. The highest BCUT2D eigenvalue weighted by Gasteiger charge is 2.54. The highest BCUT2D eigenvalue weighted by atomic mass is 16.7. The van der Waals surface area contributed by atoms with Gasteiger partial charge in [-0.3, -0.25) is 19.3 Å². The van der Waals surface area contributed by atoms with E-state index in [0.717, 1.165) is 13.1 Å². The maximum atomic E-state index is 14.8. The second-order valence-corrected chi connectivity index (χ2v) is 24.7. The van der Waals surface area contributed by atoms with Gasteiger partial charge in [-0.1, -0.05) is 32.6 Å². The van der Waals surface area contributed by atoms with Gasteiger partial charge in [-0.05, 0) is 120 Å². The van der Waals surface area contributed by atoms with E-state index in [4.69, 9.17) is 37.9 Å². The normalized spacial score (nSPS) is 37.1. The maximum absolute atomic E-state index is 14.8. The fourth-order valence-corrected chi connectivity index (χ4v) is 13.1. The molecule has 4 N–H and O–H groups in total. The Morgan fingerprint density at radius 1 is 0.902 bits per heavy atom. The summed E-state index contributed by atoms with van der Waals surface area (Å²) in [5, 5.41) is 46.9. The van der Waals surface area contributed by atoms with Crippen molar-refractivity contribution in [3.63, 3.8) is 0 Å². The molecule has 0 spiro atoms. The van der Waals surface area contributed by atoms with Crippen LogP contribution in [0, 0.1) is 29.6 Å². The van der Waals surface area contributed by atoms with E-state index in [0.29, 0.717) is 62.2 Å². The van der Waals surface area contributed by atoms with Crippen LogP contribution in [0.2, 0.25) is 0 Å². The van der Waals surface area contributed by atoms with Crippen LogP contribution < -0.4 is 5.43 Å². The molecule has 0 radical (unpaired) electrons. The number of aromatic nitrogens is 1. The molecule has 0 bridgehead atoms. The van der Waals surface area contributed by atoms with Crippen molar-refractivity contribution < 1.29 is 72.7 Å². The minimum absolute atomic E-state index is 0.0736. The number of aliphatic hydroxyl groups excluding tert-OH is 1. The molecule has 4 aliphatic heterocycles. The number of piperazine rings is 1. The molecule has 4 saturated heterocycles. The first kappa shape index (κ1) is 67.0. The van der Waals surface area contributed by atoms with Gasteiger partial charge in [0.25, 0.3) is 0 Å². The molecule has 6 rings (SSSR count). The molecule has 21 heteroatoms. The summed E-state index contributed by atoms with van der Waals surface area (Å²) in [5.74, 6) is 1.98. The Morgan fingerprint density at radius 3 is 2.18 bits per heavy atom. The van der Waals surface area contributed by atoms with Gasteiger partial charge in [-0.2, -0.15) is 0 Å². The lowest BCUT2D eigenvalue weighted by Gasteiger charge is -2.49. The van der Waals surface area contributed by atoms with Crippen LogP contribution >= 0.6 is 0 Å². The molecule has 5 heterocycles. The van der Waals surface area contributed by atoms with Crippen molar-refractivity contribution in [1.29, 1.82) is 0 Å². The van der Waals surface area contributed by atoms with E-state index in [9.17, 15) is 39.6 Å². The Bertz CT molecular complexity index is 2600. The summed E-state index contributed by atoms with van der Waals surface area (Å²) in [5.41, 5.74) is -3.90. The number of fused-ring (bicyclic) bond motifs is 1. The van der Waals surface area contributed by atoms with Crippen molar-refractivity contribution in [1.82, 2.24) is 24.2 Å². The van der Waals surface area contributed by atoms with Gasteiger partial charge in [0.1, 0.15) is 35.1 Å². The predicted octanol–water partition coefficient (Wildman–Crippen LogP) is 4.20. The zero-order chi connectivity index (χ0) is 60.8. The standard InChI is InChI=1S/C61H97N5O16/c1-17-47-61(11,74)54(75-15)40(7)63(14)34-36(3)32-59(9,73)53(82-58-51(69)46(62(12)13)30-37(4)77-58)38(5)52(39(6)57(72)79-47)81-49-33-60(10,76-16)55(41(8)78-49)80-48(67)23-25-65-28-26-64(27-29-65)24-19-20-42-21-22-45-43(31-42)50(68)44(56(70)71)35-66(45)18-2/h21-22,31,35-41,46-47,49,51-55,58,69,73-74H,17-18,23-30,32-34H2,1-16H3,(H,70,71)/t36-,37-,38+,39-,40-,41+,46+,47-,49-,51-,52+,53-,54-,55+,58+,59-,60+,61-/m1/s1. The molecule has 0 unspecified atom stereocenters. The van der Waals surface area contributed by atoms with Gasteiger partial charge >= 0.3 is 17.9 Å². The monoisotopic (exact) mass is 1160 g/mol. The number of cyclic esters (lactones) is 1. The lowest BCUT2D eigenvalue weighted by Crippen LogP contribution is -2.61. The molecule has 0 saturated carbocycles. The number of likely N-dealkylation sites (N-methyl/N-ethyl adjacent to an activating group) is 2. The number of carboxylic acid groups (broad SMARTS) is 1. The molecule has 82 heavy (non-hydrogen) atoms. The number of ether oxygens (including phenoxy) is 8. The predicted molar refractivity (Wildman–Crippen MR) is 308 cm³/mol. The van der Waals surface area contributed by atoms with Crippen LogP contribution in [0.15, 0.2) is 29.2 Å². The fourth-order valence-electron chi connectivity index (χ4n) is 13.1. The second kappa shape index (κ2) is 28.4. The van der Waals surface area contributed by atoms with Gasteiger partial charge in [-0.15, -0.1) is 0 Å². The number of hydrogen-bond donors (Lipinski definition) is 4. The number of aryl methyl sites for hydroxylation is 1. The largest absolute Gasteiger partial charge is 0.477 e. The third kappa shape index (κ3) is 15.7. The smallest absolute Gasteiger partial charge is 0.341 e. The summed E-state index contributed by atoms with van der Waals surface area (Å²) in [7, 11) is 8.77. The number of methoxy groups -OCH3 is 2. The van der Waals surface area contributed by atoms with Gasteiger partial charge in [-0.25, -0.2) is 4.79 Å². The van der Waals surface area contributed by atoms with E-state index >= 15 is 0 Å². The number of pyridine rings is 1. The van der Waals surface area contributed by atoms with Crippen LogP contribution in [0.1, 0.15) is 124 Å². The van der Waals surface area contributed by atoms with Gasteiger partial charge in [0.05, 0.1) is 54.4 Å². The number of aromatic carboxylic acids is 1. The molecule has 18 atom stereocenters. The average molecular weight is 1160 g/mol. The number of nitrogens with zero attached hydrogens (tertiary/aromatic N) is 5. The Balaban J connectivity index is 1.16. The second-order valence-electron chi connectivity index (χ2n) is 24.7. The zero-order valence-corrected chi connectivity index (χ0v) is 51.6. The third-order valence-electron chi connectivity index (χ3n) is 17.9. The number of aliphatic hydroxyl groups is 3. The van der Waals surface area contributed by atoms with Crippen molar-refractivity contribution in [2.75, 3.05) is 81.2 Å². The molecule has 0 aliphatic carbocycles. The maximum Gasteiger partial charge on any atom is 0.341 e. The van der Waals surface area contributed by atoms with Crippen molar-refractivity contribution in [3.05, 3.63) is 45.7 Å². The summed E-state index contributed by atoms with van der Waals surface area (Å²) in [6.45, 7) is 24.9. The van der Waals surface area contributed by atoms with Crippen LogP contribution in [0.25, 0.3) is 10.9 Å². The van der Waals surface area contributed by atoms with Gasteiger partial charge in [0.2, 0.25) is 5.43 Å². The number of benzene rings is 1. The summed E-state index contributed by atoms with van der Waals surface area (Å²) >= 11 is 0. The Morgan fingerprint density at radius 2 is 1.57 bits per heavy atom. The number of rotatable bonds is 15. The highest BCUT2D eigenvalue weighted by Crippen LogP contribution is 2.41. The molecule has 1 aromatic heterocycles. The first-order valence-corrected chi connectivity index (χ1v) is 29.4. The Kier molecular flexibility index (Phi) is 23.2. The molecule has 4 fully saturated rings. The molecular weight excluding hydrogens is 1060 g/mol. The van der Waals surface area contributed by atoms with Crippen LogP contribution in [0.3, 0.4) is 0 Å². The number of carbonyl (C=O) groups excluding carboxylic acids is 2. The van der Waals surface area contributed by atoms with Gasteiger partial charge in [0, 0.05) is 102 Å². The topological polar surface area (TPSA) is 241 Å². The molecule has 462 valence electrons. The fraction of sp³-hybridized carbons (Fsp3) is 0.770. The van der Waals surface area contributed by atoms with E-state index in [1.807, 2.05) is 80.6 Å². The van der Waals surface area contributed by atoms with Crippen molar-refractivity contribution in [3.8, 4) is 11.8 Å². The minimum Gasteiger partial charge on any atom is -0.477 e. The first-order chi connectivity index (χ1) is 38.5. The summed E-state index contributed by atoms with van der Waals surface area (Å²) in [6.07, 6.45) is -6.50. The molecule has 4 aliphatic rings. The number of carboxylic acids is 1. The van der Waals surface area contributed by atoms with E-state index < -0.39 is 107 Å². The molecule has 2 aromatic rings. The van der Waals surface area contributed by atoms with Crippen LogP contribution in [-0.2, 0) is 54.0 Å². The summed E-state index contributed by atoms with van der Waals surface area (Å²) in [4.78, 5) is 61.6. The number of carbonyl (C=O) groups is 3. The Hall–Kier alpha value is -4.12. The van der Waals surface area contributed by atoms with E-state index in [1.165, 1.54) is 20.4 Å². The summed E-state index contributed by atoms with van der Waals surface area (Å²) < 4.78 is 53.2. The molecular formula is C61H97N5O16. The van der Waals surface area contributed by atoms with Crippen LogP contribution in [0.4, 0.5) is 0 Å². The highest BCUT2D eigenvalue weighted by molar-refractivity contribution is 5.93. The van der Waals surface area contributed by atoms with Gasteiger partial charge in [0.15, 0.2) is 18.7 Å². The molecule has 1 aromatic carbocycles. The molecule has 0 amide bonds. The zero-order valence-electron chi connectivity index (χ0n) is 51.6. The number of esters is 2. The Labute approximate surface area is 485 Å². The third-order valence-corrected chi connectivity index (χ3v) is 17.9. The van der Waals surface area contributed by atoms with Crippen LogP contribution in [-0.4, -0.2) is 234 Å². The quantitative estimate of drug-likeness (QED) is 0.144. The SMILES string of the molecule is CC[C@H]1OC(=O)[C@H](C)[C@@H](O[C@@H]2C[C@](C)(OC)[C@@H](OC(=O)CCN3CCN(CC#Cc4ccc5c(c4)c(=O)c(C(=O)O)cn5CC)CC3)[C@H](C)O2)[C@H](C)[C@@H](O[C@@H]2O[C@H](C)C[C@H](N(C)C)[C@H]2O)[C@](C)(O)C[C@@H](C)CN(C)[C@H](C)[C@@H](OC)[C@]1(C)O. The van der Waals surface area contributed by atoms with Crippen LogP contribution in [0.5, 0.6) is 0 Å². The van der Waals surface area contributed by atoms with Crippen molar-refractivity contribution in [2.45, 2.75) is 205 Å². The van der Waals surface area contributed by atoms with E-state index in [2.05, 4.69) is 26.5 Å². The van der Waals surface area contributed by atoms with Crippen molar-refractivity contribution >= 4 is 28.8 Å². The first-order valence-electron chi connectivity index (χ1n) is 29.4. The minimum atomic E-state index is -1.63.